The number of anilines is 1. The highest BCUT2D eigenvalue weighted by Crippen LogP contribution is 2.54. The Kier molecular flexibility index (Phi) is 8.70. The van der Waals surface area contributed by atoms with Crippen LogP contribution in [0, 0.1) is 0 Å². The van der Waals surface area contributed by atoms with E-state index in [-0.39, 0.29) is 24.0 Å². The molecule has 0 radical (unpaired) electrons. The third-order valence-electron chi connectivity index (χ3n) is 7.63. The fourth-order valence-electron chi connectivity index (χ4n) is 5.75. The van der Waals surface area contributed by atoms with E-state index in [1.54, 1.807) is 14.2 Å². The average molecular weight is 492 g/mol. The van der Waals surface area contributed by atoms with Crippen LogP contribution in [0.5, 0.6) is 5.75 Å². The van der Waals surface area contributed by atoms with Crippen molar-refractivity contribution in [2.24, 2.45) is 7.05 Å². The largest absolute Gasteiger partial charge is 0.508 e. The number of unbranched alkanes of at least 4 members (excludes halogenated alkanes) is 3. The zero-order valence-corrected chi connectivity index (χ0v) is 22.4. The molecule has 1 heterocycles. The molecule has 1 N–H and O–H groups in total. The van der Waals surface area contributed by atoms with Crippen LogP contribution in [0.15, 0.2) is 54.7 Å². The fourth-order valence-corrected chi connectivity index (χ4v) is 5.75. The van der Waals surface area contributed by atoms with Gasteiger partial charge in [0.15, 0.2) is 0 Å². The molecule has 0 aliphatic heterocycles. The van der Waals surface area contributed by atoms with E-state index in [4.69, 9.17) is 14.6 Å². The second-order valence-electron chi connectivity index (χ2n) is 9.81. The van der Waals surface area contributed by atoms with E-state index >= 15 is 0 Å². The smallest absolute Gasteiger partial charge is 0.121 e. The summed E-state index contributed by atoms with van der Waals surface area (Å²) >= 11 is 0. The molecule has 6 heteroatoms. The first-order valence-corrected chi connectivity index (χ1v) is 13.3. The first kappa shape index (κ1) is 26.2. The first-order valence-electron chi connectivity index (χ1n) is 13.3. The summed E-state index contributed by atoms with van der Waals surface area (Å²) in [6.45, 7) is 6.32. The number of hydrogen-bond acceptors (Lipinski definition) is 5. The molecule has 3 aromatic rings. The summed E-state index contributed by atoms with van der Waals surface area (Å²) in [5.41, 5.74) is 5.08. The highest BCUT2D eigenvalue weighted by Gasteiger charge is 2.54. The topological polar surface area (TPSA) is 59.8 Å². The molecule has 1 aromatic heterocycles. The number of rotatable bonds is 12. The van der Waals surface area contributed by atoms with E-state index in [1.165, 1.54) is 25.7 Å². The van der Waals surface area contributed by atoms with Gasteiger partial charge in [0.25, 0.3) is 0 Å². The summed E-state index contributed by atoms with van der Waals surface area (Å²) in [6.07, 6.45) is 6.72. The van der Waals surface area contributed by atoms with Gasteiger partial charge in [-0.2, -0.15) is 5.10 Å². The van der Waals surface area contributed by atoms with Crippen LogP contribution >= 0.6 is 0 Å². The minimum Gasteiger partial charge on any atom is -0.508 e. The molecule has 0 spiro atoms. The standard InChI is InChI=1S/C30H41N3O3/c1-6-8-9-13-18-33(7-2)22-16-17-23(25(34)19-22)26-29(35-4)27(30(26)36-5)24-20-32(3)31-28(24)21-14-11-10-12-15-21/h10-12,14-17,19-20,26-27,29-30,34H,6-9,13,18H2,1-5H3. The number of ether oxygens (including phenoxy) is 2. The van der Waals surface area contributed by atoms with Crippen molar-refractivity contribution in [3.05, 3.63) is 65.9 Å². The Labute approximate surface area is 215 Å². The number of aromatic hydroxyl groups is 1. The number of aromatic nitrogens is 2. The summed E-state index contributed by atoms with van der Waals surface area (Å²) in [5.74, 6) is 0.253. The Morgan fingerprint density at radius 2 is 1.61 bits per heavy atom. The summed E-state index contributed by atoms with van der Waals surface area (Å²) in [6, 6.07) is 16.3. The van der Waals surface area contributed by atoms with Gasteiger partial charge in [0.1, 0.15) is 5.75 Å². The summed E-state index contributed by atoms with van der Waals surface area (Å²) < 4.78 is 13.9. The van der Waals surface area contributed by atoms with Crippen LogP contribution < -0.4 is 4.90 Å². The molecule has 2 atom stereocenters. The molecule has 1 aliphatic rings. The second-order valence-corrected chi connectivity index (χ2v) is 9.81. The van der Waals surface area contributed by atoms with Gasteiger partial charge in [-0.1, -0.05) is 62.6 Å². The minimum atomic E-state index is -0.130. The van der Waals surface area contributed by atoms with Gasteiger partial charge in [0.2, 0.25) is 0 Å². The summed E-state index contributed by atoms with van der Waals surface area (Å²) in [7, 11) is 5.44. The number of phenols is 1. The Morgan fingerprint density at radius 1 is 0.917 bits per heavy atom. The predicted molar refractivity (Wildman–Crippen MR) is 146 cm³/mol. The van der Waals surface area contributed by atoms with Crippen LogP contribution in [0.25, 0.3) is 11.3 Å². The maximum atomic E-state index is 11.1. The van der Waals surface area contributed by atoms with Crippen molar-refractivity contribution in [2.75, 3.05) is 32.2 Å². The summed E-state index contributed by atoms with van der Waals surface area (Å²) in [4.78, 5) is 2.34. The number of methoxy groups -OCH3 is 2. The third-order valence-corrected chi connectivity index (χ3v) is 7.63. The van der Waals surface area contributed by atoms with Crippen LogP contribution in [0.1, 0.15) is 62.5 Å². The molecule has 0 bridgehead atoms. The van der Waals surface area contributed by atoms with Crippen molar-refractivity contribution in [1.29, 1.82) is 0 Å². The zero-order valence-electron chi connectivity index (χ0n) is 22.4. The van der Waals surface area contributed by atoms with Gasteiger partial charge >= 0.3 is 0 Å². The molecule has 2 aromatic carbocycles. The maximum absolute atomic E-state index is 11.1. The molecule has 1 fully saturated rings. The van der Waals surface area contributed by atoms with E-state index in [9.17, 15) is 5.11 Å². The molecule has 1 aliphatic carbocycles. The number of phenolic OH excluding ortho intramolecular Hbond substituents is 1. The van der Waals surface area contributed by atoms with Crippen molar-refractivity contribution in [3.63, 3.8) is 0 Å². The van der Waals surface area contributed by atoms with Gasteiger partial charge in [-0.15, -0.1) is 0 Å². The molecule has 0 amide bonds. The number of aryl methyl sites for hydroxylation is 1. The second kappa shape index (κ2) is 11.9. The molecular weight excluding hydrogens is 450 g/mol. The van der Waals surface area contributed by atoms with Crippen molar-refractivity contribution in [2.45, 2.75) is 63.6 Å². The van der Waals surface area contributed by atoms with E-state index in [0.29, 0.717) is 5.75 Å². The SMILES string of the molecule is CCCCCCN(CC)c1ccc(C2C(OC)C(c3cn(C)nc3-c3ccccc3)C2OC)c(O)c1. The monoisotopic (exact) mass is 491 g/mol. The Balaban J connectivity index is 1.59. The Hall–Kier alpha value is -2.83. The van der Waals surface area contributed by atoms with Crippen LogP contribution in [-0.2, 0) is 16.5 Å². The Bertz CT molecular complexity index is 1100. The minimum absolute atomic E-state index is 0.0127. The normalized spacial score (nSPS) is 21.4. The molecule has 1 saturated carbocycles. The number of nitrogens with zero attached hydrogens (tertiary/aromatic N) is 3. The van der Waals surface area contributed by atoms with E-state index in [2.05, 4.69) is 49.2 Å². The lowest BCUT2D eigenvalue weighted by Gasteiger charge is -2.50. The lowest BCUT2D eigenvalue weighted by molar-refractivity contribution is -0.116. The van der Waals surface area contributed by atoms with Gasteiger partial charge < -0.3 is 19.5 Å². The van der Waals surface area contributed by atoms with Crippen LogP contribution in [-0.4, -0.2) is 54.4 Å². The van der Waals surface area contributed by atoms with Crippen molar-refractivity contribution < 1.29 is 14.6 Å². The highest BCUT2D eigenvalue weighted by atomic mass is 16.5. The lowest BCUT2D eigenvalue weighted by atomic mass is 9.62. The van der Waals surface area contributed by atoms with E-state index in [1.807, 2.05) is 36.0 Å². The van der Waals surface area contributed by atoms with Crippen LogP contribution in [0.3, 0.4) is 0 Å². The molecule has 0 saturated heterocycles. The zero-order chi connectivity index (χ0) is 25.7. The molecule has 2 unspecified atom stereocenters. The highest BCUT2D eigenvalue weighted by molar-refractivity contribution is 5.65. The van der Waals surface area contributed by atoms with Gasteiger partial charge in [0, 0.05) is 80.8 Å². The van der Waals surface area contributed by atoms with Crippen molar-refractivity contribution in [3.8, 4) is 17.0 Å². The number of benzene rings is 2. The van der Waals surface area contributed by atoms with Gasteiger partial charge in [-0.25, -0.2) is 0 Å². The summed E-state index contributed by atoms with van der Waals surface area (Å²) in [5, 5.41) is 15.9. The quantitative estimate of drug-likeness (QED) is 0.310. The fraction of sp³-hybridized carbons (Fsp3) is 0.500. The van der Waals surface area contributed by atoms with Crippen molar-refractivity contribution in [1.82, 2.24) is 9.78 Å². The molecule has 4 rings (SSSR count). The van der Waals surface area contributed by atoms with Crippen LogP contribution in [0.4, 0.5) is 5.69 Å². The Morgan fingerprint density at radius 3 is 2.22 bits per heavy atom. The van der Waals surface area contributed by atoms with E-state index < -0.39 is 0 Å². The average Bonchev–Trinajstić information content (AvgIpc) is 3.26. The molecule has 194 valence electrons. The lowest BCUT2D eigenvalue weighted by Crippen LogP contribution is -2.53. The van der Waals surface area contributed by atoms with Gasteiger partial charge in [0.05, 0.1) is 17.9 Å². The maximum Gasteiger partial charge on any atom is 0.121 e. The van der Waals surface area contributed by atoms with Gasteiger partial charge in [-0.3, -0.25) is 4.68 Å². The van der Waals surface area contributed by atoms with Gasteiger partial charge in [-0.05, 0) is 19.4 Å². The molecule has 6 nitrogen and oxygen atoms in total. The third kappa shape index (κ3) is 5.16. The van der Waals surface area contributed by atoms with E-state index in [0.717, 1.165) is 41.2 Å². The predicted octanol–water partition coefficient (Wildman–Crippen LogP) is 6.11. The molecular formula is C30H41N3O3. The number of hydrogen-bond donors (Lipinski definition) is 1. The first-order chi connectivity index (χ1) is 17.5. The molecule has 36 heavy (non-hydrogen) atoms. The van der Waals surface area contributed by atoms with Crippen LogP contribution in [0.2, 0.25) is 0 Å². The van der Waals surface area contributed by atoms with Crippen molar-refractivity contribution >= 4 is 5.69 Å².